The van der Waals surface area contributed by atoms with E-state index in [1.54, 1.807) is 6.07 Å². The molecule has 0 unspecified atom stereocenters. The standard InChI is InChI=1S/C19H25N5O2/c1-23(2)12-11-21-19(26)17-13-14(9-10-20-17)18(25)22-15-5-7-16(8-6-15)24(3)4/h5-10,13H,11-12H2,1-4H3,(H,21,26)(H,22,25). The molecule has 0 aliphatic carbocycles. The molecule has 1 aromatic carbocycles. The van der Waals surface area contributed by atoms with Gasteiger partial charge in [0.15, 0.2) is 0 Å². The summed E-state index contributed by atoms with van der Waals surface area (Å²) < 4.78 is 0. The van der Waals surface area contributed by atoms with Crippen molar-refractivity contribution in [2.75, 3.05) is 51.5 Å². The highest BCUT2D eigenvalue weighted by molar-refractivity contribution is 6.05. The minimum absolute atomic E-state index is 0.222. The van der Waals surface area contributed by atoms with Gasteiger partial charge in [-0.1, -0.05) is 0 Å². The SMILES string of the molecule is CN(C)CCNC(=O)c1cc(C(=O)Nc2ccc(N(C)C)cc2)ccn1. The topological polar surface area (TPSA) is 77.6 Å². The molecule has 0 atom stereocenters. The predicted molar refractivity (Wildman–Crippen MR) is 104 cm³/mol. The normalized spacial score (nSPS) is 10.5. The number of rotatable bonds is 7. The maximum atomic E-state index is 12.4. The van der Waals surface area contributed by atoms with E-state index in [2.05, 4.69) is 15.6 Å². The van der Waals surface area contributed by atoms with E-state index >= 15 is 0 Å². The van der Waals surface area contributed by atoms with Crippen LogP contribution in [0, 0.1) is 0 Å². The van der Waals surface area contributed by atoms with E-state index in [0.29, 0.717) is 17.8 Å². The summed E-state index contributed by atoms with van der Waals surface area (Å²) in [5, 5.41) is 5.61. The lowest BCUT2D eigenvalue weighted by Gasteiger charge is -2.13. The molecular weight excluding hydrogens is 330 g/mol. The van der Waals surface area contributed by atoms with Crippen LogP contribution in [0.5, 0.6) is 0 Å². The van der Waals surface area contributed by atoms with E-state index in [4.69, 9.17) is 0 Å². The smallest absolute Gasteiger partial charge is 0.269 e. The quantitative estimate of drug-likeness (QED) is 0.790. The van der Waals surface area contributed by atoms with Gasteiger partial charge < -0.3 is 20.4 Å². The summed E-state index contributed by atoms with van der Waals surface area (Å²) in [7, 11) is 7.77. The summed E-state index contributed by atoms with van der Waals surface area (Å²) in [5.41, 5.74) is 2.34. The minimum Gasteiger partial charge on any atom is -0.378 e. The third-order valence-electron chi connectivity index (χ3n) is 3.74. The number of nitrogens with one attached hydrogen (secondary N) is 2. The molecular formula is C19H25N5O2. The lowest BCUT2D eigenvalue weighted by molar-refractivity contribution is 0.0946. The molecule has 26 heavy (non-hydrogen) atoms. The molecule has 0 spiro atoms. The van der Waals surface area contributed by atoms with Crippen LogP contribution in [0.1, 0.15) is 20.8 Å². The lowest BCUT2D eigenvalue weighted by Crippen LogP contribution is -2.32. The minimum atomic E-state index is -0.295. The van der Waals surface area contributed by atoms with Crippen LogP contribution in [-0.4, -0.2) is 63.0 Å². The van der Waals surface area contributed by atoms with Crippen LogP contribution in [0.2, 0.25) is 0 Å². The van der Waals surface area contributed by atoms with Gasteiger partial charge in [0.05, 0.1) is 0 Å². The van der Waals surface area contributed by atoms with Gasteiger partial charge in [0.1, 0.15) is 5.69 Å². The number of hydrogen-bond donors (Lipinski definition) is 2. The van der Waals surface area contributed by atoms with Gasteiger partial charge in [-0.25, -0.2) is 0 Å². The van der Waals surface area contributed by atoms with Crippen LogP contribution in [0.4, 0.5) is 11.4 Å². The Morgan fingerprint density at radius 1 is 1.00 bits per heavy atom. The number of carbonyl (C=O) groups excluding carboxylic acids is 2. The van der Waals surface area contributed by atoms with Crippen LogP contribution >= 0.6 is 0 Å². The van der Waals surface area contributed by atoms with Crippen molar-refractivity contribution in [2.45, 2.75) is 0 Å². The first-order chi connectivity index (χ1) is 12.4. The van der Waals surface area contributed by atoms with Crippen molar-refractivity contribution in [2.24, 2.45) is 0 Å². The molecule has 0 bridgehead atoms. The van der Waals surface area contributed by atoms with Crippen LogP contribution in [0.25, 0.3) is 0 Å². The molecule has 2 rings (SSSR count). The molecule has 0 radical (unpaired) electrons. The summed E-state index contributed by atoms with van der Waals surface area (Å²) in [6, 6.07) is 10.6. The molecule has 7 heteroatoms. The first-order valence-corrected chi connectivity index (χ1v) is 8.34. The summed E-state index contributed by atoms with van der Waals surface area (Å²) in [6.07, 6.45) is 1.46. The molecule has 138 valence electrons. The number of carbonyl (C=O) groups is 2. The first kappa shape index (κ1) is 19.4. The molecule has 0 aliphatic heterocycles. The van der Waals surface area contributed by atoms with Gasteiger partial charge in [0.2, 0.25) is 0 Å². The van der Waals surface area contributed by atoms with Gasteiger partial charge in [-0.3, -0.25) is 14.6 Å². The number of amides is 2. The predicted octanol–water partition coefficient (Wildman–Crippen LogP) is 1.69. The Hall–Kier alpha value is -2.93. The van der Waals surface area contributed by atoms with Crippen molar-refractivity contribution >= 4 is 23.2 Å². The van der Waals surface area contributed by atoms with E-state index in [9.17, 15) is 9.59 Å². The van der Waals surface area contributed by atoms with Gasteiger partial charge in [-0.05, 0) is 50.5 Å². The van der Waals surface area contributed by atoms with E-state index in [0.717, 1.165) is 12.2 Å². The molecule has 1 aromatic heterocycles. The Balaban J connectivity index is 2.01. The number of hydrogen-bond acceptors (Lipinski definition) is 5. The van der Waals surface area contributed by atoms with Crippen molar-refractivity contribution < 1.29 is 9.59 Å². The average molecular weight is 355 g/mol. The van der Waals surface area contributed by atoms with E-state index < -0.39 is 0 Å². The van der Waals surface area contributed by atoms with Crippen molar-refractivity contribution in [1.29, 1.82) is 0 Å². The second-order valence-corrected chi connectivity index (χ2v) is 6.38. The molecule has 0 saturated heterocycles. The number of benzene rings is 1. The van der Waals surface area contributed by atoms with Gasteiger partial charge in [-0.2, -0.15) is 0 Å². The van der Waals surface area contributed by atoms with E-state index in [1.165, 1.54) is 12.3 Å². The van der Waals surface area contributed by atoms with Crippen LogP contribution in [0.15, 0.2) is 42.6 Å². The number of aromatic nitrogens is 1. The number of pyridine rings is 1. The zero-order valence-corrected chi connectivity index (χ0v) is 15.6. The number of nitrogens with zero attached hydrogens (tertiary/aromatic N) is 3. The Bertz CT molecular complexity index is 757. The molecule has 0 aliphatic rings. The molecule has 0 fully saturated rings. The third-order valence-corrected chi connectivity index (χ3v) is 3.74. The van der Waals surface area contributed by atoms with Gasteiger partial charge in [-0.15, -0.1) is 0 Å². The second-order valence-electron chi connectivity index (χ2n) is 6.38. The Morgan fingerprint density at radius 2 is 1.69 bits per heavy atom. The molecule has 2 aromatic rings. The van der Waals surface area contributed by atoms with Crippen LogP contribution in [0.3, 0.4) is 0 Å². The monoisotopic (exact) mass is 355 g/mol. The van der Waals surface area contributed by atoms with Crippen LogP contribution < -0.4 is 15.5 Å². The second kappa shape index (κ2) is 8.96. The Kier molecular flexibility index (Phi) is 6.68. The van der Waals surface area contributed by atoms with Crippen molar-refractivity contribution in [3.05, 3.63) is 53.9 Å². The molecule has 2 amide bonds. The molecule has 2 N–H and O–H groups in total. The van der Waals surface area contributed by atoms with Crippen molar-refractivity contribution in [3.63, 3.8) is 0 Å². The fourth-order valence-corrected chi connectivity index (χ4v) is 2.23. The van der Waals surface area contributed by atoms with Gasteiger partial charge in [0, 0.05) is 50.3 Å². The molecule has 7 nitrogen and oxygen atoms in total. The average Bonchev–Trinajstić information content (AvgIpc) is 2.62. The fraction of sp³-hybridized carbons (Fsp3) is 0.316. The summed E-state index contributed by atoms with van der Waals surface area (Å²) in [5.74, 6) is -0.579. The largest absolute Gasteiger partial charge is 0.378 e. The summed E-state index contributed by atoms with van der Waals surface area (Å²) in [6.45, 7) is 1.25. The highest BCUT2D eigenvalue weighted by Gasteiger charge is 2.12. The van der Waals surface area contributed by atoms with Crippen molar-refractivity contribution in [3.8, 4) is 0 Å². The van der Waals surface area contributed by atoms with Crippen LogP contribution in [-0.2, 0) is 0 Å². The zero-order valence-electron chi connectivity index (χ0n) is 15.6. The number of likely N-dealkylation sites (N-methyl/N-ethyl adjacent to an activating group) is 1. The fourth-order valence-electron chi connectivity index (χ4n) is 2.23. The third kappa shape index (κ3) is 5.56. The van der Waals surface area contributed by atoms with Gasteiger partial charge >= 0.3 is 0 Å². The number of anilines is 2. The molecule has 1 heterocycles. The van der Waals surface area contributed by atoms with Crippen molar-refractivity contribution in [1.82, 2.24) is 15.2 Å². The lowest BCUT2D eigenvalue weighted by atomic mass is 10.2. The van der Waals surface area contributed by atoms with E-state index in [-0.39, 0.29) is 17.5 Å². The molecule has 0 saturated carbocycles. The zero-order chi connectivity index (χ0) is 19.1. The highest BCUT2D eigenvalue weighted by atomic mass is 16.2. The summed E-state index contributed by atoms with van der Waals surface area (Å²) >= 11 is 0. The first-order valence-electron chi connectivity index (χ1n) is 8.34. The maximum absolute atomic E-state index is 12.4. The Morgan fingerprint density at radius 3 is 2.31 bits per heavy atom. The Labute approximate surface area is 154 Å². The van der Waals surface area contributed by atoms with Gasteiger partial charge in [0.25, 0.3) is 11.8 Å². The highest BCUT2D eigenvalue weighted by Crippen LogP contribution is 2.16. The summed E-state index contributed by atoms with van der Waals surface area (Å²) in [4.78, 5) is 32.6. The maximum Gasteiger partial charge on any atom is 0.269 e. The van der Waals surface area contributed by atoms with E-state index in [1.807, 2.05) is 62.3 Å².